The van der Waals surface area contributed by atoms with Crippen LogP contribution < -0.4 is 0 Å². The first-order valence-corrected chi connectivity index (χ1v) is 33.2. The number of hydrogen-bond acceptors (Lipinski definition) is 7. The lowest BCUT2D eigenvalue weighted by Gasteiger charge is -2.24. The lowest BCUT2D eigenvalue weighted by atomic mass is 10.0. The Morgan fingerprint density at radius 2 is 0.730 bits per heavy atom. The van der Waals surface area contributed by atoms with Crippen molar-refractivity contribution in [1.82, 2.24) is 0 Å². The number of esters is 2. The number of likely N-dealkylation sites (N-methyl/N-ethyl adjacent to an activating group) is 1. The van der Waals surface area contributed by atoms with E-state index < -0.39 is 26.5 Å². The SMILES string of the molecule is CCCCC/C=C\C/C=C\CCCCCCCCCC(=O)OC(COC(=O)CCCCCCCCCCCCCCCCCCCCCCC/C=C\CCCCCCCCCC)COP(=O)(O)OCC[N+](C)(C)C. The minimum Gasteiger partial charge on any atom is -0.462 e. The van der Waals surface area contributed by atoms with Gasteiger partial charge in [-0.05, 0) is 70.6 Å². The van der Waals surface area contributed by atoms with Crippen LogP contribution in [0.5, 0.6) is 0 Å². The molecular weight excluding hydrogens is 942 g/mol. The van der Waals surface area contributed by atoms with Crippen LogP contribution in [-0.4, -0.2) is 74.9 Å². The van der Waals surface area contributed by atoms with Gasteiger partial charge in [0.15, 0.2) is 6.10 Å². The van der Waals surface area contributed by atoms with Crippen LogP contribution in [0.25, 0.3) is 0 Å². The van der Waals surface area contributed by atoms with Gasteiger partial charge in [0.2, 0.25) is 0 Å². The Hall–Kier alpha value is -1.77. The van der Waals surface area contributed by atoms with Gasteiger partial charge in [-0.2, -0.15) is 0 Å². The van der Waals surface area contributed by atoms with E-state index in [0.29, 0.717) is 23.9 Å². The summed E-state index contributed by atoms with van der Waals surface area (Å²) in [6.07, 6.45) is 69.5. The molecule has 0 saturated heterocycles. The number of allylic oxidation sites excluding steroid dienone is 6. The molecule has 0 aromatic rings. The number of rotatable bonds is 59. The molecule has 0 aromatic carbocycles. The van der Waals surface area contributed by atoms with Gasteiger partial charge in [-0.1, -0.05) is 262 Å². The second kappa shape index (κ2) is 56.0. The molecule has 0 aliphatic carbocycles. The van der Waals surface area contributed by atoms with E-state index >= 15 is 0 Å². The lowest BCUT2D eigenvalue weighted by Crippen LogP contribution is -2.37. The summed E-state index contributed by atoms with van der Waals surface area (Å²) >= 11 is 0. The van der Waals surface area contributed by atoms with Crippen molar-refractivity contribution >= 4 is 19.8 Å². The van der Waals surface area contributed by atoms with E-state index in [2.05, 4.69) is 50.3 Å². The van der Waals surface area contributed by atoms with Crippen molar-refractivity contribution in [1.29, 1.82) is 0 Å². The van der Waals surface area contributed by atoms with E-state index in [9.17, 15) is 19.0 Å². The quantitative estimate of drug-likeness (QED) is 0.0211. The molecule has 2 atom stereocenters. The van der Waals surface area contributed by atoms with E-state index in [1.807, 2.05) is 21.1 Å². The van der Waals surface area contributed by atoms with Gasteiger partial charge in [0.25, 0.3) is 0 Å². The van der Waals surface area contributed by atoms with E-state index in [1.54, 1.807) is 0 Å². The summed E-state index contributed by atoms with van der Waals surface area (Å²) in [6, 6.07) is 0. The number of unbranched alkanes of at least 4 members (excludes halogenated alkanes) is 39. The van der Waals surface area contributed by atoms with Gasteiger partial charge in [-0.15, -0.1) is 0 Å². The predicted molar refractivity (Wildman–Crippen MR) is 317 cm³/mol. The van der Waals surface area contributed by atoms with E-state index in [-0.39, 0.29) is 25.6 Å². The van der Waals surface area contributed by atoms with Crippen molar-refractivity contribution in [2.75, 3.05) is 47.5 Å². The minimum absolute atomic E-state index is 0.0315. The average Bonchev–Trinajstić information content (AvgIpc) is 3.36. The molecule has 0 rings (SSSR count). The highest BCUT2D eigenvalue weighted by molar-refractivity contribution is 7.47. The Morgan fingerprint density at radius 3 is 1.11 bits per heavy atom. The number of nitrogens with zero attached hydrogens (tertiary/aromatic N) is 1. The van der Waals surface area contributed by atoms with Crippen molar-refractivity contribution in [2.24, 2.45) is 0 Å². The average molecular weight is 1070 g/mol. The summed E-state index contributed by atoms with van der Waals surface area (Å²) in [7, 11) is 1.48. The zero-order valence-electron chi connectivity index (χ0n) is 49.6. The molecule has 10 heteroatoms. The molecule has 9 nitrogen and oxygen atoms in total. The lowest BCUT2D eigenvalue weighted by molar-refractivity contribution is -0.870. The summed E-state index contributed by atoms with van der Waals surface area (Å²) in [4.78, 5) is 35.7. The number of carbonyl (C=O) groups is 2. The fourth-order valence-corrected chi connectivity index (χ4v) is 9.96. The number of phosphoric acid groups is 1. The normalized spacial score (nSPS) is 13.4. The molecule has 0 spiro atoms. The zero-order valence-corrected chi connectivity index (χ0v) is 50.5. The van der Waals surface area contributed by atoms with Crippen LogP contribution >= 0.6 is 7.82 Å². The second-order valence-electron chi connectivity index (χ2n) is 22.8. The van der Waals surface area contributed by atoms with Crippen LogP contribution in [0, 0.1) is 0 Å². The Bertz CT molecular complexity index is 1340. The third kappa shape index (κ3) is 59.5. The van der Waals surface area contributed by atoms with Gasteiger partial charge in [-0.25, -0.2) is 4.57 Å². The molecular formula is C64H123NO8P+. The van der Waals surface area contributed by atoms with E-state index in [0.717, 1.165) is 51.4 Å². The van der Waals surface area contributed by atoms with E-state index in [1.165, 1.54) is 225 Å². The highest BCUT2D eigenvalue weighted by Crippen LogP contribution is 2.43. The molecule has 2 unspecified atom stereocenters. The molecule has 0 saturated carbocycles. The molecule has 74 heavy (non-hydrogen) atoms. The molecule has 436 valence electrons. The van der Waals surface area contributed by atoms with Crippen molar-refractivity contribution in [3.8, 4) is 0 Å². The van der Waals surface area contributed by atoms with Gasteiger partial charge in [0.1, 0.15) is 19.8 Å². The number of quaternary nitrogens is 1. The summed E-state index contributed by atoms with van der Waals surface area (Å²) in [6.45, 7) is 4.44. The maximum absolute atomic E-state index is 12.8. The van der Waals surface area contributed by atoms with Crippen LogP contribution in [0.2, 0.25) is 0 Å². The standard InChI is InChI=1S/C64H122NO8P/c1-6-8-10-12-14-16-18-20-22-24-25-26-27-28-29-30-31-32-33-34-35-36-37-38-39-41-42-44-46-48-50-52-54-56-63(66)70-60-62(61-72-74(68,69)71-59-58-65(3,4)5)73-64(67)57-55-53-51-49-47-45-43-40-23-21-19-17-15-13-11-9-7-2/h15,17,21,23-25,62H,6-14,16,18-20,22,26-61H2,1-5H3/p+1/b17-15-,23-21-,25-24-. The summed E-state index contributed by atoms with van der Waals surface area (Å²) < 4.78 is 34.6. The summed E-state index contributed by atoms with van der Waals surface area (Å²) in [5, 5.41) is 0. The fraction of sp³-hybridized carbons (Fsp3) is 0.875. The van der Waals surface area contributed by atoms with Crippen molar-refractivity contribution in [3.63, 3.8) is 0 Å². The topological polar surface area (TPSA) is 108 Å². The van der Waals surface area contributed by atoms with Crippen LogP contribution in [0.15, 0.2) is 36.5 Å². The number of carbonyl (C=O) groups excluding carboxylic acids is 2. The first-order chi connectivity index (χ1) is 36.0. The van der Waals surface area contributed by atoms with Gasteiger partial charge in [-0.3, -0.25) is 18.6 Å². The Labute approximate surface area is 459 Å². The Balaban J connectivity index is 3.98. The molecule has 0 aliphatic rings. The van der Waals surface area contributed by atoms with E-state index in [4.69, 9.17) is 18.5 Å². The first kappa shape index (κ1) is 72.2. The third-order valence-electron chi connectivity index (χ3n) is 14.1. The molecule has 0 aromatic heterocycles. The molecule has 0 fully saturated rings. The zero-order chi connectivity index (χ0) is 54.2. The van der Waals surface area contributed by atoms with Crippen LogP contribution in [0.3, 0.4) is 0 Å². The van der Waals surface area contributed by atoms with Gasteiger partial charge >= 0.3 is 19.8 Å². The highest BCUT2D eigenvalue weighted by atomic mass is 31.2. The highest BCUT2D eigenvalue weighted by Gasteiger charge is 2.27. The van der Waals surface area contributed by atoms with Gasteiger partial charge in [0, 0.05) is 12.8 Å². The molecule has 1 N–H and O–H groups in total. The monoisotopic (exact) mass is 1060 g/mol. The maximum atomic E-state index is 12.8. The first-order valence-electron chi connectivity index (χ1n) is 31.7. The Morgan fingerprint density at radius 1 is 0.419 bits per heavy atom. The summed E-state index contributed by atoms with van der Waals surface area (Å²) in [5.41, 5.74) is 0. The van der Waals surface area contributed by atoms with Crippen molar-refractivity contribution < 1.29 is 42.1 Å². The molecule has 0 bridgehead atoms. The third-order valence-corrected chi connectivity index (χ3v) is 15.1. The van der Waals surface area contributed by atoms with Crippen LogP contribution in [0.4, 0.5) is 0 Å². The fourth-order valence-electron chi connectivity index (χ4n) is 9.22. The molecule has 0 amide bonds. The molecule has 0 aliphatic heterocycles. The van der Waals surface area contributed by atoms with Crippen molar-refractivity contribution in [2.45, 2.75) is 315 Å². The number of ether oxygens (including phenoxy) is 2. The molecule has 0 heterocycles. The van der Waals surface area contributed by atoms with Gasteiger partial charge in [0.05, 0.1) is 27.7 Å². The van der Waals surface area contributed by atoms with Crippen LogP contribution in [0.1, 0.15) is 309 Å². The second-order valence-corrected chi connectivity index (χ2v) is 24.2. The molecule has 0 radical (unpaired) electrons. The largest absolute Gasteiger partial charge is 0.472 e. The Kier molecular flexibility index (Phi) is 54.6. The summed E-state index contributed by atoms with van der Waals surface area (Å²) in [5.74, 6) is -0.793. The number of hydrogen-bond donors (Lipinski definition) is 1. The van der Waals surface area contributed by atoms with Crippen molar-refractivity contribution in [3.05, 3.63) is 36.5 Å². The smallest absolute Gasteiger partial charge is 0.462 e. The van der Waals surface area contributed by atoms with Gasteiger partial charge < -0.3 is 18.9 Å². The number of phosphoric ester groups is 1. The van der Waals surface area contributed by atoms with Crippen LogP contribution in [-0.2, 0) is 32.7 Å². The maximum Gasteiger partial charge on any atom is 0.472 e. The minimum atomic E-state index is -4.39. The predicted octanol–water partition coefficient (Wildman–Crippen LogP) is 19.9.